The maximum Gasteiger partial charge on any atom is 0.0357 e. The van der Waals surface area contributed by atoms with Crippen LogP contribution >= 0.6 is 0 Å². The first-order valence-electron chi connectivity index (χ1n) is 6.41. The summed E-state index contributed by atoms with van der Waals surface area (Å²) in [5.41, 5.74) is 0.933. The maximum atomic E-state index is 11.1. The van der Waals surface area contributed by atoms with Gasteiger partial charge in [-0.15, -0.1) is 0 Å². The van der Waals surface area contributed by atoms with E-state index >= 15 is 0 Å². The summed E-state index contributed by atoms with van der Waals surface area (Å²) >= 11 is 0. The van der Waals surface area contributed by atoms with E-state index in [0.29, 0.717) is 16.9 Å². The molecule has 0 amide bonds. The van der Waals surface area contributed by atoms with E-state index in [1.54, 1.807) is 6.26 Å². The third-order valence-electron chi connectivity index (χ3n) is 5.57. The minimum Gasteiger partial charge on any atom is -0.312 e. The topological polar surface area (TPSA) is 29.1 Å². The van der Waals surface area contributed by atoms with Gasteiger partial charge in [-0.2, -0.15) is 0 Å². The second kappa shape index (κ2) is 4.09. The first kappa shape index (κ1) is 12.6. The molecule has 0 heterocycles. The van der Waals surface area contributed by atoms with Crippen molar-refractivity contribution in [2.45, 2.75) is 46.1 Å². The summed E-state index contributed by atoms with van der Waals surface area (Å²) in [6.45, 7) is 8.22. The Labute approximate surface area is 102 Å². The van der Waals surface area contributed by atoms with Gasteiger partial charge in [0.1, 0.15) is 0 Å². The minimum absolute atomic E-state index is 0.451. The minimum atomic E-state index is -0.663. The highest BCUT2D eigenvalue weighted by Gasteiger charge is 2.60. The third kappa shape index (κ3) is 1.76. The average Bonchev–Trinajstić information content (AvgIpc) is 2.49. The molecular formula is C13H25NOS. The fraction of sp³-hybridized carbons (Fsp3) is 1.00. The van der Waals surface area contributed by atoms with Crippen LogP contribution in [0, 0.1) is 16.7 Å². The fourth-order valence-electron chi connectivity index (χ4n) is 3.89. The summed E-state index contributed by atoms with van der Waals surface area (Å²) in [4.78, 5) is 0. The summed E-state index contributed by atoms with van der Waals surface area (Å²) < 4.78 is 11.1. The Kier molecular flexibility index (Phi) is 3.21. The average molecular weight is 243 g/mol. The molecule has 0 spiro atoms. The molecule has 2 nitrogen and oxygen atoms in total. The monoisotopic (exact) mass is 243 g/mol. The van der Waals surface area contributed by atoms with Gasteiger partial charge in [0.2, 0.25) is 0 Å². The highest BCUT2D eigenvalue weighted by molar-refractivity contribution is 7.84. The largest absolute Gasteiger partial charge is 0.312 e. The maximum absolute atomic E-state index is 11.1. The van der Waals surface area contributed by atoms with Gasteiger partial charge >= 0.3 is 0 Å². The highest BCUT2D eigenvalue weighted by atomic mass is 32.2. The summed E-state index contributed by atoms with van der Waals surface area (Å²) in [5, 5.41) is 3.65. The van der Waals surface area contributed by atoms with Crippen molar-refractivity contribution in [1.82, 2.24) is 5.32 Å². The van der Waals surface area contributed by atoms with E-state index in [1.807, 2.05) is 0 Å². The molecule has 2 fully saturated rings. The van der Waals surface area contributed by atoms with E-state index in [0.717, 1.165) is 18.2 Å². The molecule has 16 heavy (non-hydrogen) atoms. The lowest BCUT2D eigenvalue weighted by atomic mass is 9.69. The van der Waals surface area contributed by atoms with Crippen LogP contribution in [0.1, 0.15) is 40.0 Å². The lowest BCUT2D eigenvalue weighted by molar-refractivity contribution is 0.122. The third-order valence-corrected chi connectivity index (χ3v) is 6.35. The molecule has 94 valence electrons. The van der Waals surface area contributed by atoms with Crippen molar-refractivity contribution in [3.05, 3.63) is 0 Å². The van der Waals surface area contributed by atoms with Crippen LogP contribution in [0.15, 0.2) is 0 Å². The standard InChI is InChI=1S/C13H25NOS/c1-12(2)10-5-6-13(12,3)11(9-10)14-7-8-16(4)15/h10-11,14H,5-9H2,1-4H3. The van der Waals surface area contributed by atoms with E-state index in [4.69, 9.17) is 0 Å². The molecule has 0 aromatic heterocycles. The molecule has 4 atom stereocenters. The van der Waals surface area contributed by atoms with Crippen LogP contribution in [0.5, 0.6) is 0 Å². The Morgan fingerprint density at radius 3 is 2.50 bits per heavy atom. The van der Waals surface area contributed by atoms with Gasteiger partial charge in [-0.25, -0.2) is 0 Å². The van der Waals surface area contributed by atoms with Gasteiger partial charge in [0.25, 0.3) is 0 Å². The van der Waals surface area contributed by atoms with Gasteiger partial charge in [0, 0.05) is 35.4 Å². The lowest BCUT2D eigenvalue weighted by Gasteiger charge is -2.39. The van der Waals surface area contributed by atoms with Crippen molar-refractivity contribution in [2.75, 3.05) is 18.6 Å². The van der Waals surface area contributed by atoms with Gasteiger partial charge < -0.3 is 5.32 Å². The van der Waals surface area contributed by atoms with Gasteiger partial charge in [-0.3, -0.25) is 4.21 Å². The second-order valence-electron chi connectivity index (χ2n) is 6.39. The predicted octanol–water partition coefficient (Wildman–Crippen LogP) is 2.17. The van der Waals surface area contributed by atoms with Gasteiger partial charge in [-0.05, 0) is 36.0 Å². The number of hydrogen-bond donors (Lipinski definition) is 1. The SMILES string of the molecule is CS(=O)CCNC1CC2CCC1(C)C2(C)C. The predicted molar refractivity (Wildman–Crippen MR) is 70.0 cm³/mol. The second-order valence-corrected chi connectivity index (χ2v) is 7.95. The summed E-state index contributed by atoms with van der Waals surface area (Å²) in [6.07, 6.45) is 5.87. The van der Waals surface area contributed by atoms with Crippen LogP contribution in [0.3, 0.4) is 0 Å². The zero-order valence-corrected chi connectivity index (χ0v) is 11.8. The fourth-order valence-corrected chi connectivity index (χ4v) is 4.29. The number of hydrogen-bond acceptors (Lipinski definition) is 2. The van der Waals surface area contributed by atoms with Gasteiger partial charge in [0.05, 0.1) is 0 Å². The molecule has 2 aliphatic carbocycles. The van der Waals surface area contributed by atoms with Crippen LogP contribution in [-0.4, -0.2) is 28.8 Å². The summed E-state index contributed by atoms with van der Waals surface area (Å²) in [6, 6.07) is 0.643. The van der Waals surface area contributed by atoms with E-state index in [-0.39, 0.29) is 0 Å². The smallest absolute Gasteiger partial charge is 0.0357 e. The zero-order valence-electron chi connectivity index (χ0n) is 11.0. The first-order valence-corrected chi connectivity index (χ1v) is 8.14. The Bertz CT molecular complexity index is 302. The molecule has 2 rings (SSSR count). The molecule has 0 aliphatic heterocycles. The molecule has 3 heteroatoms. The van der Waals surface area contributed by atoms with Crippen LogP contribution in [-0.2, 0) is 10.8 Å². The van der Waals surface area contributed by atoms with Gasteiger partial charge in [0.15, 0.2) is 0 Å². The van der Waals surface area contributed by atoms with E-state index < -0.39 is 10.8 Å². The molecular weight excluding hydrogens is 218 g/mol. The van der Waals surface area contributed by atoms with Crippen molar-refractivity contribution in [2.24, 2.45) is 16.7 Å². The molecule has 2 saturated carbocycles. The van der Waals surface area contributed by atoms with E-state index in [9.17, 15) is 4.21 Å². The first-order chi connectivity index (χ1) is 7.38. The Morgan fingerprint density at radius 1 is 1.38 bits per heavy atom. The van der Waals surface area contributed by atoms with Crippen LogP contribution in [0.4, 0.5) is 0 Å². The van der Waals surface area contributed by atoms with Crippen LogP contribution in [0.2, 0.25) is 0 Å². The van der Waals surface area contributed by atoms with Crippen molar-refractivity contribution in [1.29, 1.82) is 0 Å². The van der Waals surface area contributed by atoms with Crippen LogP contribution < -0.4 is 5.32 Å². The quantitative estimate of drug-likeness (QED) is 0.820. The number of nitrogens with one attached hydrogen (secondary N) is 1. The Hall–Kier alpha value is 0.110. The summed E-state index contributed by atoms with van der Waals surface area (Å²) in [7, 11) is -0.663. The lowest BCUT2D eigenvalue weighted by Crippen LogP contribution is -2.45. The molecule has 0 saturated heterocycles. The van der Waals surface area contributed by atoms with Gasteiger partial charge in [-0.1, -0.05) is 20.8 Å². The molecule has 1 N–H and O–H groups in total. The normalized spacial score (nSPS) is 42.5. The van der Waals surface area contributed by atoms with Crippen molar-refractivity contribution in [3.63, 3.8) is 0 Å². The van der Waals surface area contributed by atoms with Crippen molar-refractivity contribution >= 4 is 10.8 Å². The highest BCUT2D eigenvalue weighted by Crippen LogP contribution is 2.65. The molecule has 2 aliphatic rings. The molecule has 0 aromatic carbocycles. The summed E-state index contributed by atoms with van der Waals surface area (Å²) in [5.74, 6) is 1.68. The van der Waals surface area contributed by atoms with E-state index in [2.05, 4.69) is 26.1 Å². The molecule has 0 aromatic rings. The molecule has 4 unspecified atom stereocenters. The van der Waals surface area contributed by atoms with Crippen molar-refractivity contribution in [3.8, 4) is 0 Å². The molecule has 2 bridgehead atoms. The molecule has 0 radical (unpaired) electrons. The van der Waals surface area contributed by atoms with Crippen LogP contribution in [0.25, 0.3) is 0 Å². The van der Waals surface area contributed by atoms with Crippen molar-refractivity contribution < 1.29 is 4.21 Å². The number of rotatable bonds is 4. The van der Waals surface area contributed by atoms with E-state index in [1.165, 1.54) is 19.3 Å². The Morgan fingerprint density at radius 2 is 2.06 bits per heavy atom. The Balaban J connectivity index is 1.96. The number of fused-ring (bicyclic) bond motifs is 2. The zero-order chi connectivity index (χ0) is 12.0.